The first-order chi connectivity index (χ1) is 7.26. The fraction of sp³-hybridized carbons (Fsp3) is 0.417. The lowest BCUT2D eigenvalue weighted by molar-refractivity contribution is -0.115. The highest BCUT2D eigenvalue weighted by Gasteiger charge is 2.00. The van der Waals surface area contributed by atoms with Gasteiger partial charge in [0.25, 0.3) is 0 Å². The van der Waals surface area contributed by atoms with Crippen molar-refractivity contribution in [1.29, 1.82) is 0 Å². The summed E-state index contributed by atoms with van der Waals surface area (Å²) in [5.41, 5.74) is 2.19. The zero-order valence-corrected chi connectivity index (χ0v) is 10.5. The fourth-order valence-corrected chi connectivity index (χ4v) is 1.71. The molecule has 0 heterocycles. The summed E-state index contributed by atoms with van der Waals surface area (Å²) < 4.78 is 0. The number of benzene rings is 1. The molecule has 0 atom stereocenters. The highest BCUT2D eigenvalue weighted by atomic mass is 79.9. The van der Waals surface area contributed by atoms with E-state index >= 15 is 0 Å². The van der Waals surface area contributed by atoms with Gasteiger partial charge < -0.3 is 5.32 Å². The lowest BCUT2D eigenvalue weighted by Crippen LogP contribution is -2.11. The third kappa shape index (κ3) is 4.47. The molecule has 15 heavy (non-hydrogen) atoms. The first kappa shape index (κ1) is 12.2. The Morgan fingerprint density at radius 1 is 1.33 bits per heavy atom. The molecule has 0 aliphatic carbocycles. The van der Waals surface area contributed by atoms with Crippen molar-refractivity contribution in [3.05, 3.63) is 29.8 Å². The predicted molar refractivity (Wildman–Crippen MR) is 67.5 cm³/mol. The maximum absolute atomic E-state index is 11.3. The van der Waals surface area contributed by atoms with E-state index in [1.165, 1.54) is 5.56 Å². The van der Waals surface area contributed by atoms with Gasteiger partial charge >= 0.3 is 0 Å². The van der Waals surface area contributed by atoms with Crippen molar-refractivity contribution >= 4 is 27.5 Å². The average Bonchev–Trinajstić information content (AvgIpc) is 2.22. The Hall–Kier alpha value is -0.830. The van der Waals surface area contributed by atoms with Gasteiger partial charge in [-0.05, 0) is 24.1 Å². The van der Waals surface area contributed by atoms with Crippen LogP contribution in [0.2, 0.25) is 0 Å². The Morgan fingerprint density at radius 3 is 2.53 bits per heavy atom. The van der Waals surface area contributed by atoms with Crippen molar-refractivity contribution in [2.45, 2.75) is 26.2 Å². The summed E-state index contributed by atoms with van der Waals surface area (Å²) in [7, 11) is 0. The summed E-state index contributed by atoms with van der Waals surface area (Å²) in [6, 6.07) is 8.04. The number of hydrogen-bond acceptors (Lipinski definition) is 1. The molecule has 0 unspecified atom stereocenters. The molecule has 3 heteroatoms. The lowest BCUT2D eigenvalue weighted by atomic mass is 10.1. The Balaban J connectivity index is 2.52. The highest BCUT2D eigenvalue weighted by molar-refractivity contribution is 9.09. The Bertz CT molecular complexity index is 308. The summed E-state index contributed by atoms with van der Waals surface area (Å²) >= 11 is 3.23. The zero-order valence-electron chi connectivity index (χ0n) is 8.92. The SMILES string of the molecule is CCCc1ccc(NC(=O)CCBr)cc1. The molecule has 1 amide bonds. The van der Waals surface area contributed by atoms with Gasteiger partial charge in [0.1, 0.15) is 0 Å². The van der Waals surface area contributed by atoms with Crippen molar-refractivity contribution in [1.82, 2.24) is 0 Å². The molecule has 0 radical (unpaired) electrons. The minimum absolute atomic E-state index is 0.0510. The lowest BCUT2D eigenvalue weighted by Gasteiger charge is -2.05. The number of rotatable bonds is 5. The molecule has 0 spiro atoms. The van der Waals surface area contributed by atoms with E-state index in [-0.39, 0.29) is 5.91 Å². The molecule has 0 bridgehead atoms. The summed E-state index contributed by atoms with van der Waals surface area (Å²) in [4.78, 5) is 11.3. The van der Waals surface area contributed by atoms with E-state index in [1.54, 1.807) is 0 Å². The first-order valence-electron chi connectivity index (χ1n) is 5.21. The van der Waals surface area contributed by atoms with Gasteiger partial charge in [0.15, 0.2) is 0 Å². The molecule has 82 valence electrons. The third-order valence-corrected chi connectivity index (χ3v) is 2.49. The maximum Gasteiger partial charge on any atom is 0.225 e. The zero-order chi connectivity index (χ0) is 11.1. The van der Waals surface area contributed by atoms with Crippen molar-refractivity contribution < 1.29 is 4.79 Å². The van der Waals surface area contributed by atoms with Crippen LogP contribution in [0.3, 0.4) is 0 Å². The number of carbonyl (C=O) groups is 1. The largest absolute Gasteiger partial charge is 0.326 e. The van der Waals surface area contributed by atoms with E-state index in [0.717, 1.165) is 18.5 Å². The van der Waals surface area contributed by atoms with E-state index in [9.17, 15) is 4.79 Å². The highest BCUT2D eigenvalue weighted by Crippen LogP contribution is 2.11. The monoisotopic (exact) mass is 269 g/mol. The Kier molecular flexibility index (Phi) is 5.40. The molecule has 0 aromatic heterocycles. The van der Waals surface area contributed by atoms with E-state index in [2.05, 4.69) is 40.3 Å². The van der Waals surface area contributed by atoms with Gasteiger partial charge in [0, 0.05) is 17.4 Å². The molecular weight excluding hydrogens is 254 g/mol. The molecule has 1 rings (SSSR count). The van der Waals surface area contributed by atoms with Crippen LogP contribution in [0.15, 0.2) is 24.3 Å². The van der Waals surface area contributed by atoms with Crippen LogP contribution < -0.4 is 5.32 Å². The molecule has 0 aliphatic heterocycles. The molecule has 2 nitrogen and oxygen atoms in total. The van der Waals surface area contributed by atoms with E-state index in [1.807, 2.05) is 12.1 Å². The Labute approximate surface area is 99.2 Å². The number of anilines is 1. The van der Waals surface area contributed by atoms with Crippen LogP contribution in [-0.4, -0.2) is 11.2 Å². The summed E-state index contributed by atoms with van der Waals surface area (Å²) in [5.74, 6) is 0.0510. The first-order valence-corrected chi connectivity index (χ1v) is 6.33. The van der Waals surface area contributed by atoms with Crippen LogP contribution in [0.4, 0.5) is 5.69 Å². The van der Waals surface area contributed by atoms with Crippen LogP contribution in [-0.2, 0) is 11.2 Å². The van der Waals surface area contributed by atoms with Crippen molar-refractivity contribution in [3.8, 4) is 0 Å². The fourth-order valence-electron chi connectivity index (χ4n) is 1.35. The summed E-state index contributed by atoms with van der Waals surface area (Å²) in [5, 5.41) is 3.54. The van der Waals surface area contributed by atoms with E-state index in [4.69, 9.17) is 0 Å². The quantitative estimate of drug-likeness (QED) is 0.817. The minimum atomic E-state index is 0.0510. The Morgan fingerprint density at radius 2 is 2.00 bits per heavy atom. The number of amides is 1. The number of nitrogens with one attached hydrogen (secondary N) is 1. The number of hydrogen-bond donors (Lipinski definition) is 1. The van der Waals surface area contributed by atoms with Crippen LogP contribution >= 0.6 is 15.9 Å². The number of alkyl halides is 1. The summed E-state index contributed by atoms with van der Waals surface area (Å²) in [6.07, 6.45) is 2.75. The molecule has 1 N–H and O–H groups in total. The average molecular weight is 270 g/mol. The smallest absolute Gasteiger partial charge is 0.225 e. The van der Waals surface area contributed by atoms with Crippen LogP contribution in [0.25, 0.3) is 0 Å². The van der Waals surface area contributed by atoms with Gasteiger partial charge in [-0.1, -0.05) is 41.4 Å². The third-order valence-electron chi connectivity index (χ3n) is 2.10. The topological polar surface area (TPSA) is 29.1 Å². The van der Waals surface area contributed by atoms with Crippen molar-refractivity contribution in [2.24, 2.45) is 0 Å². The van der Waals surface area contributed by atoms with Gasteiger partial charge in [-0.15, -0.1) is 0 Å². The second kappa shape index (κ2) is 6.62. The predicted octanol–water partition coefficient (Wildman–Crippen LogP) is 3.36. The van der Waals surface area contributed by atoms with E-state index in [0.29, 0.717) is 11.8 Å². The second-order valence-electron chi connectivity index (χ2n) is 3.43. The van der Waals surface area contributed by atoms with Crippen LogP contribution in [0.5, 0.6) is 0 Å². The van der Waals surface area contributed by atoms with Crippen molar-refractivity contribution in [3.63, 3.8) is 0 Å². The molecule has 0 fully saturated rings. The molecule has 1 aromatic carbocycles. The molecule has 0 aliphatic rings. The van der Waals surface area contributed by atoms with Gasteiger partial charge in [0.2, 0.25) is 5.91 Å². The second-order valence-corrected chi connectivity index (χ2v) is 4.23. The molecule has 1 aromatic rings. The standard InChI is InChI=1S/C12H16BrNO/c1-2-3-10-4-6-11(7-5-10)14-12(15)8-9-13/h4-7H,2-3,8-9H2,1H3,(H,14,15). The van der Waals surface area contributed by atoms with E-state index < -0.39 is 0 Å². The number of carbonyl (C=O) groups excluding carboxylic acids is 1. The molecular formula is C12H16BrNO. The maximum atomic E-state index is 11.3. The van der Waals surface area contributed by atoms with Crippen LogP contribution in [0.1, 0.15) is 25.3 Å². The minimum Gasteiger partial charge on any atom is -0.326 e. The summed E-state index contributed by atoms with van der Waals surface area (Å²) in [6.45, 7) is 2.16. The van der Waals surface area contributed by atoms with Gasteiger partial charge in [-0.3, -0.25) is 4.79 Å². The van der Waals surface area contributed by atoms with Crippen LogP contribution in [0, 0.1) is 0 Å². The van der Waals surface area contributed by atoms with Gasteiger partial charge in [-0.2, -0.15) is 0 Å². The van der Waals surface area contributed by atoms with Gasteiger partial charge in [-0.25, -0.2) is 0 Å². The number of aryl methyl sites for hydroxylation is 1. The normalized spacial score (nSPS) is 10.0. The number of halogens is 1. The van der Waals surface area contributed by atoms with Gasteiger partial charge in [0.05, 0.1) is 0 Å². The molecule has 0 saturated heterocycles. The molecule has 0 saturated carbocycles. The van der Waals surface area contributed by atoms with Crippen molar-refractivity contribution in [2.75, 3.05) is 10.6 Å².